The molecule has 0 fully saturated rings. The predicted octanol–water partition coefficient (Wildman–Crippen LogP) is 7.98. The third kappa shape index (κ3) is 2.49. The fourth-order valence-corrected chi connectivity index (χ4v) is 7.96. The summed E-state index contributed by atoms with van der Waals surface area (Å²) in [6.45, 7) is 2.18. The second kappa shape index (κ2) is 7.18. The zero-order valence-corrected chi connectivity index (χ0v) is 21.8. The first-order valence-corrected chi connectivity index (χ1v) is 14.0. The molecule has 0 radical (unpaired) electrons. The number of fused-ring (bicyclic) bond motifs is 4. The van der Waals surface area contributed by atoms with E-state index in [1.807, 2.05) is 6.07 Å². The molecule has 0 amide bonds. The van der Waals surface area contributed by atoms with Gasteiger partial charge in [0, 0.05) is 34.5 Å². The fraction of sp³-hybridized carbons (Fsp3) is 0.118. The van der Waals surface area contributed by atoms with Crippen molar-refractivity contribution in [2.45, 2.75) is 18.8 Å². The number of pyridine rings is 2. The summed E-state index contributed by atoms with van der Waals surface area (Å²) in [5.74, 6) is 0.449. The molecule has 0 N–H and O–H groups in total. The van der Waals surface area contributed by atoms with Gasteiger partial charge >= 0.3 is 0 Å². The van der Waals surface area contributed by atoms with Crippen molar-refractivity contribution in [2.24, 2.45) is 7.05 Å². The highest BCUT2D eigenvalue weighted by atomic mass is 32.1. The number of aromatic nitrogens is 2. The minimum absolute atomic E-state index is 0.201. The van der Waals surface area contributed by atoms with Crippen molar-refractivity contribution in [3.63, 3.8) is 0 Å². The maximum atomic E-state index is 6.41. The van der Waals surface area contributed by atoms with Crippen LogP contribution in [-0.2, 0) is 7.05 Å². The Kier molecular flexibility index (Phi) is 3.92. The van der Waals surface area contributed by atoms with Gasteiger partial charge in [0.1, 0.15) is 7.05 Å². The van der Waals surface area contributed by atoms with Crippen LogP contribution in [0.4, 0.5) is 0 Å². The maximum absolute atomic E-state index is 6.41. The quantitative estimate of drug-likeness (QED) is 0.211. The van der Waals surface area contributed by atoms with Crippen LogP contribution >= 0.6 is 11.3 Å². The lowest BCUT2D eigenvalue weighted by molar-refractivity contribution is -0.669. The molecule has 7 aromatic rings. The summed E-state index contributed by atoms with van der Waals surface area (Å²) in [7, 11) is 2.24. The topological polar surface area (TPSA) is 29.9 Å². The number of rotatable bonds is 1. The molecule has 10 rings (SSSR count). The molecule has 4 aromatic heterocycles. The number of furan rings is 1. The largest absolute Gasteiger partial charge is 0.437 e. The first-order chi connectivity index (χ1) is 18.7. The van der Waals surface area contributed by atoms with Gasteiger partial charge in [0.25, 0.3) is 0 Å². The van der Waals surface area contributed by atoms with Gasteiger partial charge in [-0.1, -0.05) is 36.4 Å². The molecule has 2 bridgehead atoms. The van der Waals surface area contributed by atoms with Crippen molar-refractivity contribution in [1.29, 1.82) is 0 Å². The van der Waals surface area contributed by atoms with Gasteiger partial charge < -0.3 is 4.42 Å². The summed E-state index contributed by atoms with van der Waals surface area (Å²) in [6, 6.07) is 27.1. The number of aryl methyl sites for hydroxylation is 1. The van der Waals surface area contributed by atoms with Crippen LogP contribution < -0.4 is 4.57 Å². The van der Waals surface area contributed by atoms with E-state index in [0.29, 0.717) is 5.71 Å². The number of nitrogens with zero attached hydrogens (tertiary/aromatic N) is 2. The lowest BCUT2D eigenvalue weighted by atomic mass is 9.62. The standard InChI is InChI=1S/C34H23N2OS/c1-18-9-10-23-24-8-5-13-35-34(24)37-33(23)29(18)28-12-11-25-30-21-6-3-4-7-22(21)31(32(25)36(28)2)27-15-20-17-38-16-19(20)14-26(27)30/h3-17,30-31H,1-2H3/q+1. The molecule has 0 saturated carbocycles. The molecule has 2 atom stereocenters. The summed E-state index contributed by atoms with van der Waals surface area (Å²) < 4.78 is 8.84. The van der Waals surface area contributed by atoms with Crippen LogP contribution in [-0.4, -0.2) is 4.98 Å². The van der Waals surface area contributed by atoms with Crippen molar-refractivity contribution in [2.75, 3.05) is 0 Å². The van der Waals surface area contributed by atoms with Crippen molar-refractivity contribution in [3.05, 3.63) is 129 Å². The van der Waals surface area contributed by atoms with E-state index in [-0.39, 0.29) is 11.8 Å². The van der Waals surface area contributed by atoms with Crippen LogP contribution in [0.15, 0.2) is 94.2 Å². The van der Waals surface area contributed by atoms with Gasteiger partial charge in [-0.2, -0.15) is 15.9 Å². The number of hydrogen-bond acceptors (Lipinski definition) is 3. The minimum Gasteiger partial charge on any atom is -0.437 e. The molecule has 3 aliphatic rings. The van der Waals surface area contributed by atoms with Gasteiger partial charge in [0.05, 0.1) is 11.5 Å². The van der Waals surface area contributed by atoms with Crippen LogP contribution in [0.1, 0.15) is 50.9 Å². The molecular weight excluding hydrogens is 484 g/mol. The van der Waals surface area contributed by atoms with Crippen molar-refractivity contribution in [3.8, 4) is 11.3 Å². The molecular formula is C34H23N2OS+. The van der Waals surface area contributed by atoms with Crippen molar-refractivity contribution in [1.82, 2.24) is 4.98 Å². The summed E-state index contributed by atoms with van der Waals surface area (Å²) in [6.07, 6.45) is 1.80. The Morgan fingerprint density at radius 1 is 0.763 bits per heavy atom. The highest BCUT2D eigenvalue weighted by Gasteiger charge is 2.47. The third-order valence-electron chi connectivity index (χ3n) is 8.82. The first-order valence-electron chi connectivity index (χ1n) is 13.1. The molecule has 4 heteroatoms. The molecule has 2 unspecified atom stereocenters. The van der Waals surface area contributed by atoms with Gasteiger partial charge in [-0.15, -0.1) is 0 Å². The minimum atomic E-state index is 0.201. The smallest absolute Gasteiger partial charge is 0.227 e. The zero-order chi connectivity index (χ0) is 25.1. The summed E-state index contributed by atoms with van der Waals surface area (Å²) in [5.41, 5.74) is 13.7. The molecule has 0 saturated heterocycles. The van der Waals surface area contributed by atoms with E-state index in [1.54, 1.807) is 17.5 Å². The Labute approximate surface area is 223 Å². The van der Waals surface area contributed by atoms with Gasteiger partial charge in [-0.25, -0.2) is 4.98 Å². The highest BCUT2D eigenvalue weighted by Crippen LogP contribution is 2.55. The third-order valence-corrected chi connectivity index (χ3v) is 9.60. The van der Waals surface area contributed by atoms with Crippen molar-refractivity contribution >= 4 is 44.2 Å². The maximum Gasteiger partial charge on any atom is 0.227 e. The van der Waals surface area contributed by atoms with Crippen LogP contribution in [0.2, 0.25) is 0 Å². The van der Waals surface area contributed by atoms with E-state index in [1.165, 1.54) is 55.5 Å². The average Bonchev–Trinajstić information content (AvgIpc) is 3.56. The zero-order valence-electron chi connectivity index (χ0n) is 21.0. The van der Waals surface area contributed by atoms with Crippen LogP contribution in [0, 0.1) is 6.92 Å². The number of hydrogen-bond donors (Lipinski definition) is 0. The lowest BCUT2D eigenvalue weighted by Crippen LogP contribution is -2.44. The van der Waals surface area contributed by atoms with Crippen molar-refractivity contribution < 1.29 is 8.98 Å². The average molecular weight is 508 g/mol. The Hall–Kier alpha value is -4.28. The number of benzene rings is 3. The van der Waals surface area contributed by atoms with E-state index >= 15 is 0 Å². The van der Waals surface area contributed by atoms with Gasteiger partial charge in [-0.3, -0.25) is 0 Å². The van der Waals surface area contributed by atoms with E-state index in [9.17, 15) is 0 Å². The van der Waals surface area contributed by atoms with Gasteiger partial charge in [-0.05, 0) is 86.6 Å². The molecule has 0 aliphatic heterocycles. The van der Waals surface area contributed by atoms with Crippen LogP contribution in [0.5, 0.6) is 0 Å². The van der Waals surface area contributed by atoms with E-state index in [4.69, 9.17) is 4.42 Å². The Balaban J connectivity index is 1.35. The SMILES string of the molecule is Cc1ccc2c(oc3ncccc32)c1-c1ccc2c([n+]1C)C1c3ccccc3C2c2cc3cscc3cc21. The summed E-state index contributed by atoms with van der Waals surface area (Å²) >= 11 is 1.79. The van der Waals surface area contributed by atoms with Gasteiger partial charge in [0.15, 0.2) is 11.3 Å². The van der Waals surface area contributed by atoms with Gasteiger partial charge in [0.2, 0.25) is 11.4 Å². The molecule has 0 spiro atoms. The van der Waals surface area contributed by atoms with Crippen LogP contribution in [0.25, 0.3) is 44.1 Å². The lowest BCUT2D eigenvalue weighted by Gasteiger charge is -2.40. The fourth-order valence-electron chi connectivity index (χ4n) is 7.19. The van der Waals surface area contributed by atoms with E-state index in [0.717, 1.165) is 21.9 Å². The molecule has 3 aromatic carbocycles. The second-order valence-electron chi connectivity index (χ2n) is 10.7. The number of thiophene rings is 1. The Bertz CT molecular complexity index is 2130. The van der Waals surface area contributed by atoms with Crippen LogP contribution in [0.3, 0.4) is 0 Å². The summed E-state index contributed by atoms with van der Waals surface area (Å²) in [4.78, 5) is 4.50. The van der Waals surface area contributed by atoms with E-state index < -0.39 is 0 Å². The predicted molar refractivity (Wildman–Crippen MR) is 153 cm³/mol. The normalized spacial score (nSPS) is 17.2. The molecule has 3 nitrogen and oxygen atoms in total. The summed E-state index contributed by atoms with van der Waals surface area (Å²) in [5, 5.41) is 9.42. The first kappa shape index (κ1) is 20.7. The molecule has 3 aliphatic carbocycles. The highest BCUT2D eigenvalue weighted by molar-refractivity contribution is 7.09. The second-order valence-corrected chi connectivity index (χ2v) is 11.4. The Morgan fingerprint density at radius 3 is 2.34 bits per heavy atom. The molecule has 38 heavy (non-hydrogen) atoms. The monoisotopic (exact) mass is 507 g/mol. The molecule has 180 valence electrons. The molecule has 4 heterocycles. The van der Waals surface area contributed by atoms with E-state index in [2.05, 4.69) is 101 Å². The Morgan fingerprint density at radius 2 is 1.53 bits per heavy atom.